The number of rotatable bonds is 4. The van der Waals surface area contributed by atoms with Gasteiger partial charge in [0.25, 0.3) is 0 Å². The van der Waals surface area contributed by atoms with Crippen LogP contribution in [0.15, 0.2) is 18.2 Å². The van der Waals surface area contributed by atoms with Crippen molar-refractivity contribution in [3.8, 4) is 0 Å². The molecule has 1 aromatic heterocycles. The van der Waals surface area contributed by atoms with Gasteiger partial charge in [-0.25, -0.2) is 4.98 Å². The zero-order valence-corrected chi connectivity index (χ0v) is 10.0. The molecule has 0 atom stereocenters. The van der Waals surface area contributed by atoms with Gasteiger partial charge in [-0.3, -0.25) is 4.90 Å². The van der Waals surface area contributed by atoms with Crippen molar-refractivity contribution < 1.29 is 5.11 Å². The fourth-order valence-electron chi connectivity index (χ4n) is 2.10. The number of nitrogens with zero attached hydrogens (tertiary/aromatic N) is 3. The second-order valence-electron chi connectivity index (χ2n) is 4.24. The van der Waals surface area contributed by atoms with E-state index in [0.717, 1.165) is 44.2 Å². The Morgan fingerprint density at radius 2 is 2.00 bits per heavy atom. The lowest BCUT2D eigenvalue weighted by atomic mass is 10.3. The number of β-amino-alcohol motifs (C(OH)–C–C–N with tert-alkyl or cyclic N) is 1. The maximum atomic E-state index is 8.89. The summed E-state index contributed by atoms with van der Waals surface area (Å²) < 4.78 is 0. The minimum Gasteiger partial charge on any atom is -0.395 e. The molecule has 0 bridgehead atoms. The molecule has 2 heterocycles. The molecule has 1 saturated heterocycles. The fraction of sp³-hybridized carbons (Fsp3) is 0.583. The molecule has 2 rings (SSSR count). The van der Waals surface area contributed by atoms with E-state index in [2.05, 4.69) is 14.8 Å². The molecule has 3 N–H and O–H groups in total. The summed E-state index contributed by atoms with van der Waals surface area (Å²) in [4.78, 5) is 9.06. The van der Waals surface area contributed by atoms with Crippen LogP contribution in [0, 0.1) is 0 Å². The maximum absolute atomic E-state index is 8.89. The highest BCUT2D eigenvalue weighted by Gasteiger charge is 2.17. The lowest BCUT2D eigenvalue weighted by molar-refractivity contribution is 0.188. The zero-order valence-electron chi connectivity index (χ0n) is 10.0. The van der Waals surface area contributed by atoms with Crippen molar-refractivity contribution in [2.24, 2.45) is 5.73 Å². The van der Waals surface area contributed by atoms with Crippen LogP contribution in [-0.4, -0.2) is 54.3 Å². The van der Waals surface area contributed by atoms with E-state index in [9.17, 15) is 0 Å². The van der Waals surface area contributed by atoms with E-state index < -0.39 is 0 Å². The van der Waals surface area contributed by atoms with Crippen molar-refractivity contribution in [1.29, 1.82) is 0 Å². The van der Waals surface area contributed by atoms with Gasteiger partial charge >= 0.3 is 0 Å². The van der Waals surface area contributed by atoms with Gasteiger partial charge in [-0.1, -0.05) is 6.07 Å². The number of hydrogen-bond acceptors (Lipinski definition) is 5. The van der Waals surface area contributed by atoms with Crippen molar-refractivity contribution >= 4 is 5.82 Å². The largest absolute Gasteiger partial charge is 0.395 e. The molecular weight excluding hydrogens is 216 g/mol. The van der Waals surface area contributed by atoms with Gasteiger partial charge in [-0.05, 0) is 12.1 Å². The second kappa shape index (κ2) is 5.95. The highest BCUT2D eigenvalue weighted by molar-refractivity contribution is 5.39. The van der Waals surface area contributed by atoms with Crippen molar-refractivity contribution in [3.63, 3.8) is 0 Å². The van der Waals surface area contributed by atoms with E-state index in [0.29, 0.717) is 6.54 Å². The summed E-state index contributed by atoms with van der Waals surface area (Å²) in [6.45, 7) is 5.37. The Morgan fingerprint density at radius 1 is 1.24 bits per heavy atom. The molecule has 1 aromatic rings. The number of aromatic nitrogens is 1. The summed E-state index contributed by atoms with van der Waals surface area (Å²) in [5.74, 6) is 1.01. The Hall–Kier alpha value is -1.17. The summed E-state index contributed by atoms with van der Waals surface area (Å²) in [7, 11) is 0. The van der Waals surface area contributed by atoms with Gasteiger partial charge in [0.2, 0.25) is 0 Å². The van der Waals surface area contributed by atoms with Gasteiger partial charge in [0.1, 0.15) is 5.82 Å². The van der Waals surface area contributed by atoms with Gasteiger partial charge < -0.3 is 15.7 Å². The summed E-state index contributed by atoms with van der Waals surface area (Å²) in [5.41, 5.74) is 6.52. The first-order chi connectivity index (χ1) is 8.33. The quantitative estimate of drug-likeness (QED) is 0.748. The van der Waals surface area contributed by atoms with E-state index in [1.807, 2.05) is 18.2 Å². The smallest absolute Gasteiger partial charge is 0.128 e. The van der Waals surface area contributed by atoms with Crippen LogP contribution in [0.4, 0.5) is 5.82 Å². The Balaban J connectivity index is 1.95. The van der Waals surface area contributed by atoms with Crippen LogP contribution < -0.4 is 10.6 Å². The Kier molecular flexibility index (Phi) is 4.30. The third-order valence-electron chi connectivity index (χ3n) is 3.11. The van der Waals surface area contributed by atoms with E-state index in [1.165, 1.54) is 0 Å². The summed E-state index contributed by atoms with van der Waals surface area (Å²) in [6.07, 6.45) is 0. The van der Waals surface area contributed by atoms with Crippen LogP contribution in [0.2, 0.25) is 0 Å². The first kappa shape index (κ1) is 12.3. The van der Waals surface area contributed by atoms with E-state index in [4.69, 9.17) is 10.8 Å². The maximum Gasteiger partial charge on any atom is 0.128 e. The van der Waals surface area contributed by atoms with Gasteiger partial charge in [0.05, 0.1) is 12.3 Å². The third kappa shape index (κ3) is 3.15. The predicted octanol–water partition coefficient (Wildman–Crippen LogP) is -0.345. The molecule has 1 aliphatic heterocycles. The molecule has 5 nitrogen and oxygen atoms in total. The van der Waals surface area contributed by atoms with Crippen molar-refractivity contribution in [2.75, 3.05) is 44.2 Å². The average molecular weight is 236 g/mol. The highest BCUT2D eigenvalue weighted by Crippen LogP contribution is 2.13. The first-order valence-corrected chi connectivity index (χ1v) is 6.07. The summed E-state index contributed by atoms with van der Waals surface area (Å²) in [5, 5.41) is 8.89. The summed E-state index contributed by atoms with van der Waals surface area (Å²) >= 11 is 0. The molecule has 0 aromatic carbocycles. The summed E-state index contributed by atoms with van der Waals surface area (Å²) in [6, 6.07) is 5.98. The van der Waals surface area contributed by atoms with Crippen LogP contribution in [0.3, 0.4) is 0 Å². The molecular formula is C12H20N4O. The van der Waals surface area contributed by atoms with Gasteiger partial charge in [-0.15, -0.1) is 0 Å². The molecule has 0 aliphatic carbocycles. The standard InChI is InChI=1S/C12H20N4O/c13-10-11-2-1-3-12(14-11)16-6-4-15(5-7-16)8-9-17/h1-3,17H,4-10,13H2. The number of pyridine rings is 1. The van der Waals surface area contributed by atoms with Crippen LogP contribution in [-0.2, 0) is 6.54 Å². The number of nitrogens with two attached hydrogens (primary N) is 1. The number of piperazine rings is 1. The number of aliphatic hydroxyl groups is 1. The minimum atomic E-state index is 0.237. The third-order valence-corrected chi connectivity index (χ3v) is 3.11. The first-order valence-electron chi connectivity index (χ1n) is 6.07. The van der Waals surface area contributed by atoms with Gasteiger partial charge in [0, 0.05) is 39.3 Å². The van der Waals surface area contributed by atoms with Crippen molar-refractivity contribution in [1.82, 2.24) is 9.88 Å². The molecule has 1 aliphatic rings. The highest BCUT2D eigenvalue weighted by atomic mass is 16.3. The lowest BCUT2D eigenvalue weighted by Crippen LogP contribution is -2.47. The van der Waals surface area contributed by atoms with Crippen LogP contribution in [0.1, 0.15) is 5.69 Å². The molecule has 5 heteroatoms. The van der Waals surface area contributed by atoms with E-state index in [-0.39, 0.29) is 6.61 Å². The molecule has 0 spiro atoms. The predicted molar refractivity (Wildman–Crippen MR) is 67.9 cm³/mol. The fourth-order valence-corrected chi connectivity index (χ4v) is 2.10. The lowest BCUT2D eigenvalue weighted by Gasteiger charge is -2.35. The monoisotopic (exact) mass is 236 g/mol. The molecule has 1 fully saturated rings. The van der Waals surface area contributed by atoms with Crippen molar-refractivity contribution in [3.05, 3.63) is 23.9 Å². The van der Waals surface area contributed by atoms with E-state index in [1.54, 1.807) is 0 Å². The number of aliphatic hydroxyl groups excluding tert-OH is 1. The van der Waals surface area contributed by atoms with Crippen LogP contribution in [0.25, 0.3) is 0 Å². The molecule has 0 amide bonds. The number of anilines is 1. The Labute approximate surface area is 102 Å². The molecule has 0 radical (unpaired) electrons. The van der Waals surface area contributed by atoms with Gasteiger partial charge in [0.15, 0.2) is 0 Å². The normalized spacial score (nSPS) is 17.4. The van der Waals surface area contributed by atoms with Crippen LogP contribution >= 0.6 is 0 Å². The number of hydrogen-bond donors (Lipinski definition) is 2. The SMILES string of the molecule is NCc1cccc(N2CCN(CCO)CC2)n1. The van der Waals surface area contributed by atoms with Crippen LogP contribution in [0.5, 0.6) is 0 Å². The molecule has 94 valence electrons. The Bertz CT molecular complexity index is 350. The topological polar surface area (TPSA) is 65.6 Å². The average Bonchev–Trinajstić information content (AvgIpc) is 2.40. The van der Waals surface area contributed by atoms with Crippen molar-refractivity contribution in [2.45, 2.75) is 6.54 Å². The molecule has 0 saturated carbocycles. The molecule has 17 heavy (non-hydrogen) atoms. The second-order valence-corrected chi connectivity index (χ2v) is 4.24. The van der Waals surface area contributed by atoms with E-state index >= 15 is 0 Å². The zero-order chi connectivity index (χ0) is 12.1. The molecule has 0 unspecified atom stereocenters. The Morgan fingerprint density at radius 3 is 2.65 bits per heavy atom. The van der Waals surface area contributed by atoms with Gasteiger partial charge in [-0.2, -0.15) is 0 Å². The minimum absolute atomic E-state index is 0.237.